The SMILES string of the molecule is CC[C@H](C)[C@H](NC(=O)[C@H](CCC(N)=O)NC(=O)[C@H](Cc1ccccc1)n1c(=O)[nH]c2ccccc2c1=O)C(=O)O. The van der Waals surface area contributed by atoms with Crippen molar-refractivity contribution >= 4 is 34.6 Å². The number of carboxylic acids is 1. The van der Waals surface area contributed by atoms with Gasteiger partial charge in [-0.25, -0.2) is 14.2 Å². The summed E-state index contributed by atoms with van der Waals surface area (Å²) >= 11 is 0. The normalized spacial score (nSPS) is 14.1. The van der Waals surface area contributed by atoms with Gasteiger partial charge in [-0.2, -0.15) is 0 Å². The van der Waals surface area contributed by atoms with Gasteiger partial charge >= 0.3 is 11.7 Å². The van der Waals surface area contributed by atoms with E-state index >= 15 is 0 Å². The average Bonchev–Trinajstić information content (AvgIpc) is 2.93. The van der Waals surface area contributed by atoms with Crippen LogP contribution in [0.25, 0.3) is 10.9 Å². The fraction of sp³-hybridized carbons (Fsp3) is 0.357. The summed E-state index contributed by atoms with van der Waals surface area (Å²) in [6.45, 7) is 3.43. The summed E-state index contributed by atoms with van der Waals surface area (Å²) in [5.74, 6) is -4.08. The first-order chi connectivity index (χ1) is 19.0. The number of carbonyl (C=O) groups is 4. The zero-order valence-electron chi connectivity index (χ0n) is 22.3. The first-order valence-electron chi connectivity index (χ1n) is 12.9. The maximum Gasteiger partial charge on any atom is 0.329 e. The van der Waals surface area contributed by atoms with Gasteiger partial charge in [-0.05, 0) is 30.0 Å². The number of para-hydroxylation sites is 1. The molecule has 0 aliphatic carbocycles. The highest BCUT2D eigenvalue weighted by molar-refractivity contribution is 5.92. The van der Waals surface area contributed by atoms with Gasteiger partial charge in [0.05, 0.1) is 10.9 Å². The number of hydrogen-bond acceptors (Lipinski definition) is 6. The quantitative estimate of drug-likeness (QED) is 0.208. The molecule has 0 radical (unpaired) electrons. The van der Waals surface area contributed by atoms with Gasteiger partial charge in [0.2, 0.25) is 17.7 Å². The lowest BCUT2D eigenvalue weighted by Gasteiger charge is -2.26. The third kappa shape index (κ3) is 7.22. The molecule has 0 saturated heterocycles. The second-order valence-electron chi connectivity index (χ2n) is 9.63. The van der Waals surface area contributed by atoms with Gasteiger partial charge in [0.1, 0.15) is 18.1 Å². The number of benzene rings is 2. The van der Waals surface area contributed by atoms with Gasteiger partial charge in [0.25, 0.3) is 5.56 Å². The summed E-state index contributed by atoms with van der Waals surface area (Å²) in [6, 6.07) is 11.1. The number of aliphatic carboxylic acids is 1. The predicted molar refractivity (Wildman–Crippen MR) is 147 cm³/mol. The molecular weight excluding hydrogens is 518 g/mol. The molecule has 0 aliphatic rings. The Morgan fingerprint density at radius 3 is 2.25 bits per heavy atom. The molecule has 12 heteroatoms. The van der Waals surface area contributed by atoms with Gasteiger partial charge in [-0.3, -0.25) is 19.2 Å². The van der Waals surface area contributed by atoms with Crippen LogP contribution in [0, 0.1) is 5.92 Å². The Morgan fingerprint density at radius 2 is 1.62 bits per heavy atom. The summed E-state index contributed by atoms with van der Waals surface area (Å²) in [6.07, 6.45) is -0.106. The van der Waals surface area contributed by atoms with E-state index in [9.17, 15) is 33.9 Å². The zero-order valence-corrected chi connectivity index (χ0v) is 22.3. The summed E-state index contributed by atoms with van der Waals surface area (Å²) in [7, 11) is 0. The highest BCUT2D eigenvalue weighted by atomic mass is 16.4. The number of hydrogen-bond donors (Lipinski definition) is 5. The minimum Gasteiger partial charge on any atom is -0.480 e. The smallest absolute Gasteiger partial charge is 0.329 e. The number of rotatable bonds is 13. The van der Waals surface area contributed by atoms with Crippen molar-refractivity contribution in [2.45, 2.75) is 57.7 Å². The Bertz CT molecular complexity index is 1500. The molecule has 2 aromatic carbocycles. The largest absolute Gasteiger partial charge is 0.480 e. The second-order valence-corrected chi connectivity index (χ2v) is 9.63. The summed E-state index contributed by atoms with van der Waals surface area (Å²) in [5.41, 5.74) is 4.69. The molecule has 0 unspecified atom stereocenters. The van der Waals surface area contributed by atoms with Crippen LogP contribution in [0.15, 0.2) is 64.2 Å². The van der Waals surface area contributed by atoms with E-state index in [2.05, 4.69) is 15.6 Å². The van der Waals surface area contributed by atoms with Crippen LogP contribution in [-0.2, 0) is 25.6 Å². The van der Waals surface area contributed by atoms with Gasteiger partial charge in [-0.1, -0.05) is 62.7 Å². The number of aromatic amines is 1. The molecule has 4 atom stereocenters. The fourth-order valence-electron chi connectivity index (χ4n) is 4.36. The maximum atomic E-state index is 13.7. The molecule has 3 rings (SSSR count). The van der Waals surface area contributed by atoms with E-state index in [1.54, 1.807) is 62.4 Å². The van der Waals surface area contributed by atoms with Crippen molar-refractivity contribution in [2.24, 2.45) is 11.7 Å². The van der Waals surface area contributed by atoms with Crippen LogP contribution in [0.4, 0.5) is 0 Å². The number of nitrogens with one attached hydrogen (secondary N) is 3. The monoisotopic (exact) mass is 551 g/mol. The summed E-state index contributed by atoms with van der Waals surface area (Å²) in [5, 5.41) is 14.8. The zero-order chi connectivity index (χ0) is 29.4. The van der Waals surface area contributed by atoms with Crippen molar-refractivity contribution < 1.29 is 24.3 Å². The molecule has 0 saturated carbocycles. The Morgan fingerprint density at radius 1 is 0.975 bits per heavy atom. The highest BCUT2D eigenvalue weighted by Gasteiger charge is 2.32. The Balaban J connectivity index is 2.02. The second kappa shape index (κ2) is 13.4. The molecule has 3 aromatic rings. The Kier molecular flexibility index (Phi) is 9.96. The van der Waals surface area contributed by atoms with E-state index in [0.29, 0.717) is 17.5 Å². The van der Waals surface area contributed by atoms with Gasteiger partial charge in [0.15, 0.2) is 0 Å². The van der Waals surface area contributed by atoms with Crippen LogP contribution in [-0.4, -0.2) is 50.4 Å². The van der Waals surface area contributed by atoms with Crippen LogP contribution in [0.2, 0.25) is 0 Å². The highest BCUT2D eigenvalue weighted by Crippen LogP contribution is 2.15. The number of amides is 3. The van der Waals surface area contributed by atoms with Crippen LogP contribution in [0.5, 0.6) is 0 Å². The number of primary amides is 1. The van der Waals surface area contributed by atoms with Crippen molar-refractivity contribution in [2.75, 3.05) is 0 Å². The molecule has 0 bridgehead atoms. The number of nitrogens with two attached hydrogens (primary N) is 1. The lowest BCUT2D eigenvalue weighted by atomic mass is 9.98. The minimum absolute atomic E-state index is 0.0667. The van der Waals surface area contributed by atoms with E-state index in [0.717, 1.165) is 4.57 Å². The first-order valence-corrected chi connectivity index (χ1v) is 12.9. The number of carbonyl (C=O) groups excluding carboxylic acids is 3. The third-order valence-electron chi connectivity index (χ3n) is 6.81. The van der Waals surface area contributed by atoms with Crippen LogP contribution in [0.1, 0.15) is 44.7 Å². The molecule has 212 valence electrons. The van der Waals surface area contributed by atoms with E-state index in [1.165, 1.54) is 6.07 Å². The number of carboxylic acid groups (broad SMARTS) is 1. The summed E-state index contributed by atoms with van der Waals surface area (Å²) in [4.78, 5) is 79.3. The molecule has 1 aromatic heterocycles. The van der Waals surface area contributed by atoms with E-state index in [1.807, 2.05) is 0 Å². The van der Waals surface area contributed by atoms with Crippen molar-refractivity contribution in [1.82, 2.24) is 20.2 Å². The number of fused-ring (bicyclic) bond motifs is 1. The first kappa shape index (κ1) is 29.8. The average molecular weight is 552 g/mol. The van der Waals surface area contributed by atoms with Crippen LogP contribution < -0.4 is 27.6 Å². The molecule has 0 fully saturated rings. The molecule has 3 amide bonds. The minimum atomic E-state index is -1.38. The predicted octanol–water partition coefficient (Wildman–Crippen LogP) is 0.839. The van der Waals surface area contributed by atoms with Gasteiger partial charge < -0.3 is 26.5 Å². The number of aromatic nitrogens is 2. The van der Waals surface area contributed by atoms with Crippen molar-refractivity contribution in [1.29, 1.82) is 0 Å². The van der Waals surface area contributed by atoms with Gasteiger partial charge in [-0.15, -0.1) is 0 Å². The topological polar surface area (TPSA) is 193 Å². The van der Waals surface area contributed by atoms with E-state index < -0.39 is 59.0 Å². The lowest BCUT2D eigenvalue weighted by molar-refractivity contribution is -0.144. The van der Waals surface area contributed by atoms with Crippen LogP contribution in [0.3, 0.4) is 0 Å². The molecule has 40 heavy (non-hydrogen) atoms. The number of nitrogens with zero attached hydrogens (tertiary/aromatic N) is 1. The van der Waals surface area contributed by atoms with Crippen molar-refractivity contribution in [3.05, 3.63) is 81.0 Å². The number of H-pyrrole nitrogens is 1. The van der Waals surface area contributed by atoms with Crippen molar-refractivity contribution in [3.8, 4) is 0 Å². The van der Waals surface area contributed by atoms with Crippen molar-refractivity contribution in [3.63, 3.8) is 0 Å². The standard InChI is InChI=1S/C28H33N5O7/c1-3-16(2)23(27(38)39)32-24(35)20(13-14-22(29)34)30-25(36)21(15-17-9-5-4-6-10-17)33-26(37)18-11-7-8-12-19(18)31-28(33)40/h4-12,16,20-21,23H,3,13-15H2,1-2H3,(H2,29,34)(H,30,36)(H,31,40)(H,32,35)(H,38,39)/t16-,20-,21-,23-/m0/s1. The third-order valence-corrected chi connectivity index (χ3v) is 6.81. The van der Waals surface area contributed by atoms with Gasteiger partial charge in [0, 0.05) is 12.8 Å². The van der Waals surface area contributed by atoms with Crippen LogP contribution >= 0.6 is 0 Å². The maximum absolute atomic E-state index is 13.7. The Hall–Kier alpha value is -4.74. The van der Waals surface area contributed by atoms with E-state index in [-0.39, 0.29) is 24.6 Å². The molecule has 0 spiro atoms. The molecule has 6 N–H and O–H groups in total. The Labute approximate surface area is 229 Å². The fourth-order valence-corrected chi connectivity index (χ4v) is 4.36. The molecule has 1 heterocycles. The molecule has 12 nitrogen and oxygen atoms in total. The lowest BCUT2D eigenvalue weighted by Crippen LogP contribution is -2.55. The molecule has 0 aliphatic heterocycles. The summed E-state index contributed by atoms with van der Waals surface area (Å²) < 4.78 is 0.799. The molecular formula is C28H33N5O7. The van der Waals surface area contributed by atoms with E-state index in [4.69, 9.17) is 5.73 Å².